The Morgan fingerprint density at radius 1 is 0.857 bits per heavy atom. The number of unbranched alkanes of at least 4 members (excludes halogenated alkanes) is 1. The Morgan fingerprint density at radius 3 is 2.20 bits per heavy atom. The number of fused-ring (bicyclic) bond motifs is 3. The molecule has 1 saturated carbocycles. The minimum atomic E-state index is -4.49. The number of hydrogen-bond acceptors (Lipinski definition) is 5. The monoisotopic (exact) mass is 690 g/mol. The van der Waals surface area contributed by atoms with Crippen LogP contribution in [0.25, 0.3) is 0 Å². The van der Waals surface area contributed by atoms with Gasteiger partial charge in [-0.15, -0.1) is 0 Å². The van der Waals surface area contributed by atoms with E-state index in [1.54, 1.807) is 11.8 Å². The number of halogens is 3. The molecule has 0 spiro atoms. The van der Waals surface area contributed by atoms with Gasteiger partial charge in [0.25, 0.3) is 5.91 Å². The van der Waals surface area contributed by atoms with Crippen molar-refractivity contribution in [2.24, 2.45) is 0 Å². The molecule has 4 aliphatic rings. The lowest BCUT2D eigenvalue weighted by atomic mass is 9.69. The Kier molecular flexibility index (Phi) is 9.98. The van der Waals surface area contributed by atoms with E-state index in [-0.39, 0.29) is 5.91 Å². The molecule has 1 saturated heterocycles. The van der Waals surface area contributed by atoms with Gasteiger partial charge in [0, 0.05) is 59.8 Å². The normalized spacial score (nSPS) is 19.6. The van der Waals surface area contributed by atoms with Gasteiger partial charge in [-0.2, -0.15) is 13.2 Å². The second-order valence-corrected chi connectivity index (χ2v) is 15.0. The van der Waals surface area contributed by atoms with Gasteiger partial charge in [-0.3, -0.25) is 14.5 Å². The molecule has 3 aromatic carbocycles. The number of alkyl halides is 3. The molecular formula is C39H45F3N4O2S. The third kappa shape index (κ3) is 7.09. The van der Waals surface area contributed by atoms with Crippen LogP contribution in [0.5, 0.6) is 0 Å². The number of carbonyl (C=O) groups is 2. The molecule has 0 atom stereocenters. The first-order valence-electron chi connectivity index (χ1n) is 17.9. The molecule has 0 aromatic heterocycles. The highest BCUT2D eigenvalue weighted by Crippen LogP contribution is 2.51. The summed E-state index contributed by atoms with van der Waals surface area (Å²) in [5, 5.41) is 2.25. The Bertz CT molecular complexity index is 1620. The van der Waals surface area contributed by atoms with Gasteiger partial charge in [0.1, 0.15) is 12.0 Å². The molecule has 49 heavy (non-hydrogen) atoms. The van der Waals surface area contributed by atoms with E-state index < -0.39 is 24.0 Å². The van der Waals surface area contributed by atoms with Gasteiger partial charge in [0.2, 0.25) is 5.91 Å². The van der Waals surface area contributed by atoms with Gasteiger partial charge < -0.3 is 15.1 Å². The quantitative estimate of drug-likeness (QED) is 0.237. The minimum Gasteiger partial charge on any atom is -0.369 e. The molecule has 0 bridgehead atoms. The summed E-state index contributed by atoms with van der Waals surface area (Å²) in [6.45, 7) is 3.82. The maximum atomic E-state index is 13.9. The van der Waals surface area contributed by atoms with Crippen molar-refractivity contribution in [2.45, 2.75) is 85.2 Å². The van der Waals surface area contributed by atoms with Crippen LogP contribution < -0.4 is 10.2 Å². The number of amides is 2. The van der Waals surface area contributed by atoms with E-state index in [2.05, 4.69) is 38.2 Å². The highest BCUT2D eigenvalue weighted by atomic mass is 32.2. The first-order valence-corrected chi connectivity index (χ1v) is 18.7. The predicted molar refractivity (Wildman–Crippen MR) is 187 cm³/mol. The molecular weight excluding hydrogens is 646 g/mol. The number of nitrogens with one attached hydrogen (secondary N) is 1. The summed E-state index contributed by atoms with van der Waals surface area (Å²) < 4.78 is 39.8. The number of nitrogens with zero attached hydrogens (tertiary/aromatic N) is 3. The summed E-state index contributed by atoms with van der Waals surface area (Å²) in [7, 11) is 0. The Balaban J connectivity index is 0.987. The van der Waals surface area contributed by atoms with Crippen molar-refractivity contribution in [1.82, 2.24) is 15.1 Å². The number of piperazine rings is 1. The lowest BCUT2D eigenvalue weighted by molar-refractivity contribution is -0.141. The van der Waals surface area contributed by atoms with E-state index in [1.165, 1.54) is 19.3 Å². The molecule has 3 heterocycles. The maximum absolute atomic E-state index is 13.9. The lowest BCUT2D eigenvalue weighted by Crippen LogP contribution is -2.49. The lowest BCUT2D eigenvalue weighted by Gasteiger charge is -2.40. The van der Waals surface area contributed by atoms with Crippen LogP contribution in [-0.4, -0.2) is 79.6 Å². The molecule has 7 rings (SSSR count). The van der Waals surface area contributed by atoms with Gasteiger partial charge in [-0.05, 0) is 79.6 Å². The van der Waals surface area contributed by atoms with Gasteiger partial charge in [0.05, 0.1) is 0 Å². The third-order valence-corrected chi connectivity index (χ3v) is 12.1. The third-order valence-electron chi connectivity index (χ3n) is 11.0. The largest absolute Gasteiger partial charge is 0.405 e. The van der Waals surface area contributed by atoms with Gasteiger partial charge in [-0.1, -0.05) is 79.9 Å². The second kappa shape index (κ2) is 14.4. The molecule has 0 unspecified atom stereocenters. The van der Waals surface area contributed by atoms with Gasteiger partial charge in [0.15, 0.2) is 0 Å². The summed E-state index contributed by atoms with van der Waals surface area (Å²) in [4.78, 5) is 36.2. The number of rotatable bonds is 9. The molecule has 3 aromatic rings. The highest BCUT2D eigenvalue weighted by molar-refractivity contribution is 7.99. The van der Waals surface area contributed by atoms with Crippen molar-refractivity contribution in [3.63, 3.8) is 0 Å². The fourth-order valence-corrected chi connectivity index (χ4v) is 9.65. The molecule has 1 N–H and O–H groups in total. The summed E-state index contributed by atoms with van der Waals surface area (Å²) in [5.74, 6) is -0.399. The van der Waals surface area contributed by atoms with E-state index in [0.29, 0.717) is 18.9 Å². The highest BCUT2D eigenvalue weighted by Gasteiger charge is 2.47. The van der Waals surface area contributed by atoms with Crippen molar-refractivity contribution in [3.05, 3.63) is 89.0 Å². The van der Waals surface area contributed by atoms with Crippen LogP contribution in [0.2, 0.25) is 0 Å². The number of carbonyl (C=O) groups excluding carboxylic acids is 2. The van der Waals surface area contributed by atoms with Crippen molar-refractivity contribution in [3.8, 4) is 0 Å². The SMILES string of the molecule is O=C1c2cc(N3CCN(CCCCC4(C(=O)NCC(F)(F)F)c5ccccc5Sc5ccccc54)CC3)ccc2CCN1C1CCCCC1. The maximum Gasteiger partial charge on any atom is 0.405 e. The van der Waals surface area contributed by atoms with E-state index in [4.69, 9.17) is 0 Å². The summed E-state index contributed by atoms with van der Waals surface area (Å²) >= 11 is 1.56. The first-order chi connectivity index (χ1) is 23.7. The molecule has 1 aliphatic carbocycles. The Hall–Kier alpha value is -3.50. The van der Waals surface area contributed by atoms with Crippen LogP contribution in [0, 0.1) is 0 Å². The number of benzene rings is 3. The van der Waals surface area contributed by atoms with Crippen molar-refractivity contribution in [2.75, 3.05) is 50.7 Å². The number of anilines is 1. The van der Waals surface area contributed by atoms with Crippen LogP contribution in [0.15, 0.2) is 76.5 Å². The molecule has 2 amide bonds. The van der Waals surface area contributed by atoms with Crippen LogP contribution in [0.3, 0.4) is 0 Å². The zero-order chi connectivity index (χ0) is 34.0. The molecule has 260 valence electrons. The average molecular weight is 691 g/mol. The zero-order valence-corrected chi connectivity index (χ0v) is 28.8. The van der Waals surface area contributed by atoms with Gasteiger partial charge in [-0.25, -0.2) is 0 Å². The van der Waals surface area contributed by atoms with E-state index in [0.717, 1.165) is 103 Å². The van der Waals surface area contributed by atoms with E-state index in [9.17, 15) is 22.8 Å². The van der Waals surface area contributed by atoms with Crippen LogP contribution >= 0.6 is 11.8 Å². The minimum absolute atomic E-state index is 0.195. The van der Waals surface area contributed by atoms with Crippen LogP contribution in [-0.2, 0) is 16.6 Å². The van der Waals surface area contributed by atoms with Crippen molar-refractivity contribution < 1.29 is 22.8 Å². The van der Waals surface area contributed by atoms with E-state index in [1.807, 2.05) is 48.5 Å². The standard InChI is InChI=1S/C39H45F3N4O2S/c40-39(41,42)27-43-37(48)38(32-12-4-6-14-34(32)49-35-15-7-5-13-33(35)38)19-8-9-20-44-22-24-45(25-23-44)30-17-16-28-18-21-46(36(47)31(28)26-30)29-10-2-1-3-11-29/h4-7,12-17,26,29H,1-3,8-11,18-25,27H2,(H,43,48). The smallest absolute Gasteiger partial charge is 0.369 e. The fraction of sp³-hybridized carbons (Fsp3) is 0.487. The molecule has 3 aliphatic heterocycles. The van der Waals surface area contributed by atoms with Crippen LogP contribution in [0.4, 0.5) is 18.9 Å². The topological polar surface area (TPSA) is 55.9 Å². The Morgan fingerprint density at radius 2 is 1.53 bits per heavy atom. The Labute approximate surface area is 291 Å². The predicted octanol–water partition coefficient (Wildman–Crippen LogP) is 7.44. The molecule has 2 fully saturated rings. The average Bonchev–Trinajstić information content (AvgIpc) is 3.12. The summed E-state index contributed by atoms with van der Waals surface area (Å²) in [6, 6.07) is 22.0. The second-order valence-electron chi connectivity index (χ2n) is 14.0. The first kappa shape index (κ1) is 34.0. The van der Waals surface area contributed by atoms with Gasteiger partial charge >= 0.3 is 6.18 Å². The zero-order valence-electron chi connectivity index (χ0n) is 27.9. The number of hydrogen-bond donors (Lipinski definition) is 1. The van der Waals surface area contributed by atoms with Crippen molar-refractivity contribution >= 4 is 29.3 Å². The molecule has 0 radical (unpaired) electrons. The molecule has 10 heteroatoms. The molecule has 6 nitrogen and oxygen atoms in total. The fourth-order valence-electron chi connectivity index (χ4n) is 8.41. The summed E-state index contributed by atoms with van der Waals surface area (Å²) in [5.41, 5.74) is 3.49. The van der Waals surface area contributed by atoms with Crippen molar-refractivity contribution in [1.29, 1.82) is 0 Å². The summed E-state index contributed by atoms with van der Waals surface area (Å²) in [6.07, 6.45) is 4.31. The van der Waals surface area contributed by atoms with Crippen LogP contribution in [0.1, 0.15) is 78.4 Å². The van der Waals surface area contributed by atoms with E-state index >= 15 is 0 Å².